The number of unbranched alkanes of at least 4 members (excludes halogenated alkanes) is 4. The second-order valence-electron chi connectivity index (χ2n) is 5.29. The maximum atomic E-state index is 5.95. The van der Waals surface area contributed by atoms with Gasteiger partial charge in [-0.1, -0.05) is 46.0 Å². The molecule has 0 aromatic heterocycles. The molecule has 0 rings (SSSR count). The van der Waals surface area contributed by atoms with E-state index in [1.165, 1.54) is 51.5 Å². The van der Waals surface area contributed by atoms with Crippen molar-refractivity contribution in [3.63, 3.8) is 0 Å². The average Bonchev–Trinajstić information content (AvgIpc) is 2.29. The summed E-state index contributed by atoms with van der Waals surface area (Å²) in [6.45, 7) is 8.79. The molecule has 2 heteroatoms. The van der Waals surface area contributed by atoms with E-state index in [0.29, 0.717) is 0 Å². The van der Waals surface area contributed by atoms with Crippen LogP contribution in [0.25, 0.3) is 0 Å². The van der Waals surface area contributed by atoms with Gasteiger partial charge < -0.3 is 5.73 Å². The van der Waals surface area contributed by atoms with Crippen LogP contribution in [0.5, 0.6) is 0 Å². The van der Waals surface area contributed by atoms with Crippen molar-refractivity contribution in [2.24, 2.45) is 5.73 Å². The molecule has 2 N–H and O–H groups in total. The van der Waals surface area contributed by atoms with Crippen LogP contribution < -0.4 is 5.73 Å². The van der Waals surface area contributed by atoms with Gasteiger partial charge in [-0.3, -0.25) is 4.90 Å². The van der Waals surface area contributed by atoms with Crippen molar-refractivity contribution in [2.45, 2.75) is 71.3 Å². The summed E-state index contributed by atoms with van der Waals surface area (Å²) in [5, 5.41) is 0. The smallest absolute Gasteiger partial charge is 0.0300 e. The number of rotatable bonds is 10. The van der Waals surface area contributed by atoms with Gasteiger partial charge in [-0.05, 0) is 33.4 Å². The number of nitrogens with two attached hydrogens (primary N) is 1. The molecule has 0 aliphatic heterocycles. The summed E-state index contributed by atoms with van der Waals surface area (Å²) in [5.74, 6) is 0. The lowest BCUT2D eigenvalue weighted by Crippen LogP contribution is -2.50. The average molecular weight is 228 g/mol. The Balaban J connectivity index is 3.99. The Morgan fingerprint density at radius 1 is 1.00 bits per heavy atom. The Labute approximate surface area is 103 Å². The Morgan fingerprint density at radius 2 is 1.56 bits per heavy atom. The highest BCUT2D eigenvalue weighted by Crippen LogP contribution is 2.20. The van der Waals surface area contributed by atoms with Gasteiger partial charge in [0.1, 0.15) is 0 Å². The van der Waals surface area contributed by atoms with E-state index in [0.717, 1.165) is 6.54 Å². The van der Waals surface area contributed by atoms with Gasteiger partial charge in [-0.15, -0.1) is 0 Å². The second kappa shape index (κ2) is 9.00. The van der Waals surface area contributed by atoms with E-state index in [-0.39, 0.29) is 5.54 Å². The highest BCUT2D eigenvalue weighted by atomic mass is 15.2. The van der Waals surface area contributed by atoms with Crippen LogP contribution in [0.2, 0.25) is 0 Å². The van der Waals surface area contributed by atoms with Gasteiger partial charge in [0.25, 0.3) is 0 Å². The standard InChI is InChI=1S/C14H32N2/c1-5-7-9-11-14(3,13-15)16(4)12-10-8-6-2/h5-13,15H2,1-4H3. The zero-order valence-electron chi connectivity index (χ0n) is 11.9. The first-order chi connectivity index (χ1) is 7.60. The molecule has 0 heterocycles. The number of hydrogen-bond donors (Lipinski definition) is 1. The summed E-state index contributed by atoms with van der Waals surface area (Å²) < 4.78 is 0. The topological polar surface area (TPSA) is 29.3 Å². The third-order valence-electron chi connectivity index (χ3n) is 3.78. The first-order valence-electron chi connectivity index (χ1n) is 7.02. The minimum atomic E-state index is 0.211. The molecule has 0 fully saturated rings. The molecule has 98 valence electrons. The summed E-state index contributed by atoms with van der Waals surface area (Å²) >= 11 is 0. The normalized spacial score (nSPS) is 15.4. The highest BCUT2D eigenvalue weighted by Gasteiger charge is 2.26. The third kappa shape index (κ3) is 5.86. The maximum absolute atomic E-state index is 5.95. The fraction of sp³-hybridized carbons (Fsp3) is 1.00. The van der Waals surface area contributed by atoms with E-state index in [9.17, 15) is 0 Å². The largest absolute Gasteiger partial charge is 0.329 e. The Bertz CT molecular complexity index is 159. The van der Waals surface area contributed by atoms with Crippen molar-refractivity contribution >= 4 is 0 Å². The van der Waals surface area contributed by atoms with Crippen molar-refractivity contribution < 1.29 is 0 Å². The lowest BCUT2D eigenvalue weighted by molar-refractivity contribution is 0.128. The monoisotopic (exact) mass is 228 g/mol. The minimum Gasteiger partial charge on any atom is -0.329 e. The predicted octanol–water partition coefficient (Wildman–Crippen LogP) is 3.41. The van der Waals surface area contributed by atoms with E-state index < -0.39 is 0 Å². The lowest BCUT2D eigenvalue weighted by atomic mass is 9.92. The van der Waals surface area contributed by atoms with Gasteiger partial charge in [0.2, 0.25) is 0 Å². The minimum absolute atomic E-state index is 0.211. The number of likely N-dealkylation sites (N-methyl/N-ethyl adjacent to an activating group) is 1. The molecule has 0 spiro atoms. The van der Waals surface area contributed by atoms with Gasteiger partial charge in [-0.25, -0.2) is 0 Å². The van der Waals surface area contributed by atoms with Crippen LogP contribution in [0.3, 0.4) is 0 Å². The molecular weight excluding hydrogens is 196 g/mol. The molecule has 0 radical (unpaired) electrons. The van der Waals surface area contributed by atoms with Crippen LogP contribution in [-0.2, 0) is 0 Å². The summed E-state index contributed by atoms with van der Waals surface area (Å²) in [5.41, 5.74) is 6.16. The SMILES string of the molecule is CCCCCN(C)C(C)(CN)CCCCC. The van der Waals surface area contributed by atoms with Crippen LogP contribution >= 0.6 is 0 Å². The molecular formula is C14H32N2. The van der Waals surface area contributed by atoms with Gasteiger partial charge in [0, 0.05) is 12.1 Å². The molecule has 0 aliphatic carbocycles. The van der Waals surface area contributed by atoms with E-state index >= 15 is 0 Å². The molecule has 1 atom stereocenters. The Kier molecular flexibility index (Phi) is 8.96. The van der Waals surface area contributed by atoms with Crippen molar-refractivity contribution in [2.75, 3.05) is 20.1 Å². The van der Waals surface area contributed by atoms with Crippen molar-refractivity contribution in [3.8, 4) is 0 Å². The molecule has 0 aromatic carbocycles. The first kappa shape index (κ1) is 15.9. The van der Waals surface area contributed by atoms with Crippen LogP contribution in [0.15, 0.2) is 0 Å². The van der Waals surface area contributed by atoms with Crippen LogP contribution in [0.4, 0.5) is 0 Å². The molecule has 0 saturated heterocycles. The molecule has 0 bridgehead atoms. The van der Waals surface area contributed by atoms with Gasteiger partial charge in [-0.2, -0.15) is 0 Å². The Morgan fingerprint density at radius 3 is 2.06 bits per heavy atom. The molecule has 2 nitrogen and oxygen atoms in total. The molecule has 16 heavy (non-hydrogen) atoms. The molecule has 0 saturated carbocycles. The summed E-state index contributed by atoms with van der Waals surface area (Å²) in [7, 11) is 2.23. The fourth-order valence-corrected chi connectivity index (χ4v) is 2.07. The van der Waals surface area contributed by atoms with E-state index in [1.54, 1.807) is 0 Å². The van der Waals surface area contributed by atoms with Crippen LogP contribution in [0.1, 0.15) is 65.7 Å². The van der Waals surface area contributed by atoms with Crippen molar-refractivity contribution in [3.05, 3.63) is 0 Å². The third-order valence-corrected chi connectivity index (χ3v) is 3.78. The quantitative estimate of drug-likeness (QED) is 0.581. The zero-order valence-corrected chi connectivity index (χ0v) is 11.9. The van der Waals surface area contributed by atoms with Crippen molar-refractivity contribution in [1.82, 2.24) is 4.90 Å². The molecule has 0 aliphatic rings. The van der Waals surface area contributed by atoms with Crippen LogP contribution in [0, 0.1) is 0 Å². The maximum Gasteiger partial charge on any atom is 0.0300 e. The highest BCUT2D eigenvalue weighted by molar-refractivity contribution is 4.85. The molecule has 0 amide bonds. The summed E-state index contributed by atoms with van der Waals surface area (Å²) in [6, 6.07) is 0. The Hall–Kier alpha value is -0.0800. The molecule has 1 unspecified atom stereocenters. The van der Waals surface area contributed by atoms with Gasteiger partial charge in [0.15, 0.2) is 0 Å². The summed E-state index contributed by atoms with van der Waals surface area (Å²) in [4.78, 5) is 2.47. The molecule has 0 aromatic rings. The zero-order chi connectivity index (χ0) is 12.4. The first-order valence-corrected chi connectivity index (χ1v) is 7.02. The number of hydrogen-bond acceptors (Lipinski definition) is 2. The van der Waals surface area contributed by atoms with Gasteiger partial charge in [0.05, 0.1) is 0 Å². The van der Waals surface area contributed by atoms with Crippen LogP contribution in [-0.4, -0.2) is 30.6 Å². The lowest BCUT2D eigenvalue weighted by Gasteiger charge is -2.38. The predicted molar refractivity (Wildman–Crippen MR) is 73.8 cm³/mol. The van der Waals surface area contributed by atoms with Crippen molar-refractivity contribution in [1.29, 1.82) is 0 Å². The van der Waals surface area contributed by atoms with E-state index in [2.05, 4.69) is 32.7 Å². The van der Waals surface area contributed by atoms with E-state index in [4.69, 9.17) is 5.73 Å². The number of nitrogens with zero attached hydrogens (tertiary/aromatic N) is 1. The summed E-state index contributed by atoms with van der Waals surface area (Å²) in [6.07, 6.45) is 9.10. The van der Waals surface area contributed by atoms with Gasteiger partial charge >= 0.3 is 0 Å². The fourth-order valence-electron chi connectivity index (χ4n) is 2.07. The van der Waals surface area contributed by atoms with E-state index in [1.807, 2.05) is 0 Å². The second-order valence-corrected chi connectivity index (χ2v) is 5.29.